The molecule has 4 heterocycles. The van der Waals surface area contributed by atoms with Crippen LogP contribution in [0.3, 0.4) is 0 Å². The lowest BCUT2D eigenvalue weighted by atomic mass is 9.97. The summed E-state index contributed by atoms with van der Waals surface area (Å²) in [5.74, 6) is 2.11. The number of aromatic amines is 2. The van der Waals surface area contributed by atoms with Crippen LogP contribution in [-0.2, 0) is 6.42 Å². The number of aromatic nitrogens is 3. The van der Waals surface area contributed by atoms with Gasteiger partial charge in [0.25, 0.3) is 5.91 Å². The summed E-state index contributed by atoms with van der Waals surface area (Å²) in [6, 6.07) is 17.2. The highest BCUT2D eigenvalue weighted by Crippen LogP contribution is 2.43. The smallest absolute Gasteiger partial charge is 0.275 e. The number of H-pyrrole nitrogens is 2. The molecule has 2 aromatic carbocycles. The number of ether oxygens (including phenoxy) is 2. The van der Waals surface area contributed by atoms with E-state index in [1.54, 1.807) is 20.5 Å². The largest absolute Gasteiger partial charge is 0.497 e. The van der Waals surface area contributed by atoms with Crippen molar-refractivity contribution in [3.05, 3.63) is 89.4 Å². The minimum atomic E-state index is -0.304. The molecule has 6 rings (SSSR count). The number of furan rings is 1. The Hall–Kier alpha value is -4.46. The van der Waals surface area contributed by atoms with Crippen molar-refractivity contribution in [2.75, 3.05) is 20.8 Å². The molecule has 0 aliphatic carbocycles. The van der Waals surface area contributed by atoms with Crippen LogP contribution in [0.2, 0.25) is 0 Å². The van der Waals surface area contributed by atoms with Gasteiger partial charge >= 0.3 is 0 Å². The number of benzene rings is 2. The van der Waals surface area contributed by atoms with E-state index in [0.717, 1.165) is 44.8 Å². The highest BCUT2D eigenvalue weighted by Gasteiger charge is 2.42. The second-order valence-electron chi connectivity index (χ2n) is 8.49. The summed E-state index contributed by atoms with van der Waals surface area (Å²) in [6.45, 7) is 0.521. The number of carbonyl (C=O) groups is 1. The van der Waals surface area contributed by atoms with Crippen LogP contribution in [0, 0.1) is 0 Å². The summed E-state index contributed by atoms with van der Waals surface area (Å²) in [7, 11) is 3.30. The average molecular weight is 469 g/mol. The molecule has 2 N–H and O–H groups in total. The van der Waals surface area contributed by atoms with E-state index < -0.39 is 0 Å². The van der Waals surface area contributed by atoms with Crippen LogP contribution in [0.5, 0.6) is 11.5 Å². The number of amides is 1. The zero-order chi connectivity index (χ0) is 23.9. The molecule has 0 unspecified atom stereocenters. The van der Waals surface area contributed by atoms with Gasteiger partial charge in [-0.2, -0.15) is 5.10 Å². The van der Waals surface area contributed by atoms with Crippen molar-refractivity contribution >= 4 is 16.8 Å². The molecule has 8 heteroatoms. The Morgan fingerprint density at radius 1 is 1.06 bits per heavy atom. The van der Waals surface area contributed by atoms with Gasteiger partial charge in [0.05, 0.1) is 26.5 Å². The summed E-state index contributed by atoms with van der Waals surface area (Å²) < 4.78 is 16.4. The van der Waals surface area contributed by atoms with Gasteiger partial charge in [-0.05, 0) is 60.0 Å². The lowest BCUT2D eigenvalue weighted by Crippen LogP contribution is -2.31. The fraction of sp³-hybridized carbons (Fsp3) is 0.185. The number of hydrogen-bond donors (Lipinski definition) is 2. The Bertz CT molecular complexity index is 1500. The third-order valence-electron chi connectivity index (χ3n) is 6.65. The van der Waals surface area contributed by atoms with Crippen molar-refractivity contribution in [3.8, 4) is 23.0 Å². The van der Waals surface area contributed by atoms with E-state index in [1.165, 1.54) is 0 Å². The Labute approximate surface area is 201 Å². The Kier molecular flexibility index (Phi) is 5.06. The molecule has 176 valence electrons. The van der Waals surface area contributed by atoms with Gasteiger partial charge in [-0.15, -0.1) is 0 Å². The van der Waals surface area contributed by atoms with Gasteiger partial charge in [0, 0.05) is 29.2 Å². The Morgan fingerprint density at radius 2 is 1.86 bits per heavy atom. The third-order valence-corrected chi connectivity index (χ3v) is 6.65. The van der Waals surface area contributed by atoms with E-state index in [4.69, 9.17) is 13.9 Å². The van der Waals surface area contributed by atoms with Gasteiger partial charge in [-0.1, -0.05) is 12.1 Å². The van der Waals surface area contributed by atoms with Crippen LogP contribution in [-0.4, -0.2) is 46.8 Å². The van der Waals surface area contributed by atoms with Crippen LogP contribution in [0.1, 0.15) is 33.2 Å². The molecule has 1 atom stereocenters. The van der Waals surface area contributed by atoms with Gasteiger partial charge in [-0.3, -0.25) is 9.89 Å². The number of fused-ring (bicyclic) bond motifs is 2. The van der Waals surface area contributed by atoms with Crippen LogP contribution in [0.25, 0.3) is 22.4 Å². The number of nitrogens with one attached hydrogen (secondary N) is 2. The quantitative estimate of drug-likeness (QED) is 0.352. The molecular weight excluding hydrogens is 444 g/mol. The third kappa shape index (κ3) is 3.45. The van der Waals surface area contributed by atoms with Crippen molar-refractivity contribution in [2.24, 2.45) is 0 Å². The molecule has 35 heavy (non-hydrogen) atoms. The summed E-state index contributed by atoms with van der Waals surface area (Å²) in [5, 5.41) is 8.50. The maximum Gasteiger partial charge on any atom is 0.275 e. The summed E-state index contributed by atoms with van der Waals surface area (Å²) in [4.78, 5) is 18.8. The molecule has 5 aromatic rings. The van der Waals surface area contributed by atoms with E-state index in [1.807, 2.05) is 65.7 Å². The van der Waals surface area contributed by atoms with Crippen molar-refractivity contribution in [2.45, 2.75) is 12.5 Å². The number of hydrogen-bond acceptors (Lipinski definition) is 5. The fourth-order valence-electron chi connectivity index (χ4n) is 4.89. The normalized spacial score (nSPS) is 15.1. The first-order chi connectivity index (χ1) is 17.2. The molecule has 0 fully saturated rings. The maximum atomic E-state index is 13.6. The van der Waals surface area contributed by atoms with Gasteiger partial charge in [0.2, 0.25) is 0 Å². The van der Waals surface area contributed by atoms with E-state index in [9.17, 15) is 4.79 Å². The minimum Gasteiger partial charge on any atom is -0.497 e. The number of methoxy groups -OCH3 is 2. The SMILES string of the molecule is COc1ccc([C@@H]2c3c(n[nH]c3-c3ccco3)C(=O)N2CCc2c[nH]c3ccc(OC)cc23)cc1. The van der Waals surface area contributed by atoms with Crippen molar-refractivity contribution in [1.29, 1.82) is 0 Å². The standard InChI is InChI=1S/C27H24N4O4/c1-33-18-7-5-16(6-8-18)26-23-24(22-4-3-13-35-22)29-30-25(23)27(32)31(26)12-11-17-15-28-21-10-9-19(34-2)14-20(17)21/h3-10,13-15,26,28H,11-12H2,1-2H3,(H,29,30)/t26-/m1/s1. The van der Waals surface area contributed by atoms with Gasteiger partial charge < -0.3 is 23.8 Å². The summed E-state index contributed by atoms with van der Waals surface area (Å²) >= 11 is 0. The zero-order valence-corrected chi connectivity index (χ0v) is 19.4. The molecule has 0 spiro atoms. The molecule has 1 aliphatic rings. The first kappa shape index (κ1) is 21.1. The number of carbonyl (C=O) groups excluding carboxylic acids is 1. The molecule has 3 aromatic heterocycles. The predicted octanol–water partition coefficient (Wildman–Crippen LogP) is 4.96. The lowest BCUT2D eigenvalue weighted by molar-refractivity contribution is 0.0746. The van der Waals surface area contributed by atoms with E-state index >= 15 is 0 Å². The fourth-order valence-corrected chi connectivity index (χ4v) is 4.89. The van der Waals surface area contributed by atoms with Crippen molar-refractivity contribution in [1.82, 2.24) is 20.1 Å². The van der Waals surface area contributed by atoms with Gasteiger partial charge in [0.1, 0.15) is 17.2 Å². The van der Waals surface area contributed by atoms with Crippen LogP contribution < -0.4 is 9.47 Å². The highest BCUT2D eigenvalue weighted by molar-refractivity contribution is 6.00. The molecular formula is C27H24N4O4. The van der Waals surface area contributed by atoms with E-state index in [2.05, 4.69) is 15.2 Å². The van der Waals surface area contributed by atoms with Crippen LogP contribution in [0.4, 0.5) is 0 Å². The van der Waals surface area contributed by atoms with E-state index in [-0.39, 0.29) is 11.9 Å². The first-order valence-electron chi connectivity index (χ1n) is 11.4. The zero-order valence-electron chi connectivity index (χ0n) is 19.4. The topological polar surface area (TPSA) is 96.4 Å². The Morgan fingerprint density at radius 3 is 2.60 bits per heavy atom. The summed E-state index contributed by atoms with van der Waals surface area (Å²) in [6.07, 6.45) is 4.29. The molecule has 1 amide bonds. The van der Waals surface area contributed by atoms with Gasteiger partial charge in [0.15, 0.2) is 11.5 Å². The predicted molar refractivity (Wildman–Crippen MR) is 131 cm³/mol. The highest BCUT2D eigenvalue weighted by atomic mass is 16.5. The van der Waals surface area contributed by atoms with Crippen LogP contribution >= 0.6 is 0 Å². The second-order valence-corrected chi connectivity index (χ2v) is 8.49. The average Bonchev–Trinajstić information content (AvgIpc) is 3.68. The molecule has 0 saturated heterocycles. The molecule has 8 nitrogen and oxygen atoms in total. The molecule has 1 aliphatic heterocycles. The number of rotatable bonds is 7. The minimum absolute atomic E-state index is 0.104. The first-order valence-corrected chi connectivity index (χ1v) is 11.4. The Balaban J connectivity index is 1.38. The van der Waals surface area contributed by atoms with Crippen molar-refractivity contribution in [3.63, 3.8) is 0 Å². The summed E-state index contributed by atoms with van der Waals surface area (Å²) in [5.41, 5.74) is 5.12. The van der Waals surface area contributed by atoms with Crippen molar-refractivity contribution < 1.29 is 18.7 Å². The lowest BCUT2D eigenvalue weighted by Gasteiger charge is -2.26. The number of nitrogens with zero attached hydrogens (tertiary/aromatic N) is 2. The van der Waals surface area contributed by atoms with Gasteiger partial charge in [-0.25, -0.2) is 0 Å². The van der Waals surface area contributed by atoms with Crippen LogP contribution in [0.15, 0.2) is 71.5 Å². The molecule has 0 saturated carbocycles. The monoisotopic (exact) mass is 468 g/mol. The molecule has 0 radical (unpaired) electrons. The molecule has 0 bridgehead atoms. The van der Waals surface area contributed by atoms with E-state index in [0.29, 0.717) is 24.4 Å². The maximum absolute atomic E-state index is 13.6. The second kappa shape index (κ2) is 8.39.